The number of hydrogen-bond donors (Lipinski definition) is 0. The molecule has 0 radical (unpaired) electrons. The molecular weight excluding hydrogens is 369 g/mol. The van der Waals surface area contributed by atoms with Crippen molar-refractivity contribution in [2.24, 2.45) is 5.10 Å². The van der Waals surface area contributed by atoms with Crippen LogP contribution in [0.4, 0.5) is 4.39 Å². The summed E-state index contributed by atoms with van der Waals surface area (Å²) >= 11 is 6.41. The SMILES string of the molecule is Cc1cc(C)n(/N=C/c2c(C)nn(-c3ccc(F)cc3)c2Cl)c(=O)c1C#N. The van der Waals surface area contributed by atoms with E-state index in [0.29, 0.717) is 28.2 Å². The molecular formula is C19H15ClFN5O. The van der Waals surface area contributed by atoms with Crippen LogP contribution in [0.3, 0.4) is 0 Å². The van der Waals surface area contributed by atoms with Gasteiger partial charge in [-0.25, -0.2) is 13.7 Å². The van der Waals surface area contributed by atoms with Gasteiger partial charge in [0.2, 0.25) is 0 Å². The summed E-state index contributed by atoms with van der Waals surface area (Å²) in [5, 5.41) is 18.0. The van der Waals surface area contributed by atoms with Crippen molar-refractivity contribution in [3.05, 3.63) is 79.7 Å². The van der Waals surface area contributed by atoms with Gasteiger partial charge < -0.3 is 0 Å². The number of hydrogen-bond acceptors (Lipinski definition) is 4. The summed E-state index contributed by atoms with van der Waals surface area (Å²) < 4.78 is 15.7. The second-order valence-electron chi connectivity index (χ2n) is 6.00. The van der Waals surface area contributed by atoms with Crippen molar-refractivity contribution < 1.29 is 4.39 Å². The molecule has 0 amide bonds. The van der Waals surface area contributed by atoms with Gasteiger partial charge in [-0.05, 0) is 56.7 Å². The number of benzene rings is 1. The molecule has 8 heteroatoms. The van der Waals surface area contributed by atoms with Crippen molar-refractivity contribution in [1.29, 1.82) is 5.26 Å². The first-order chi connectivity index (χ1) is 12.8. The predicted octanol–water partition coefficient (Wildman–Crippen LogP) is 3.51. The minimum absolute atomic E-state index is 0.0441. The van der Waals surface area contributed by atoms with Gasteiger partial charge in [0, 0.05) is 5.69 Å². The molecule has 0 atom stereocenters. The van der Waals surface area contributed by atoms with Gasteiger partial charge in [0.25, 0.3) is 5.56 Å². The Bertz CT molecular complexity index is 1150. The first-order valence-corrected chi connectivity index (χ1v) is 8.40. The second kappa shape index (κ2) is 7.17. The zero-order chi connectivity index (χ0) is 19.7. The fraction of sp³-hybridized carbons (Fsp3) is 0.158. The summed E-state index contributed by atoms with van der Waals surface area (Å²) in [4.78, 5) is 12.4. The van der Waals surface area contributed by atoms with E-state index in [2.05, 4.69) is 10.2 Å². The Morgan fingerprint density at radius 1 is 1.26 bits per heavy atom. The van der Waals surface area contributed by atoms with Crippen LogP contribution >= 0.6 is 11.6 Å². The highest BCUT2D eigenvalue weighted by Crippen LogP contribution is 2.22. The van der Waals surface area contributed by atoms with E-state index in [9.17, 15) is 9.18 Å². The van der Waals surface area contributed by atoms with Crippen molar-refractivity contribution >= 4 is 17.8 Å². The Hall–Kier alpha value is -3.24. The van der Waals surface area contributed by atoms with Crippen molar-refractivity contribution in [3.63, 3.8) is 0 Å². The number of nitrogens with zero attached hydrogens (tertiary/aromatic N) is 5. The van der Waals surface area contributed by atoms with Crippen LogP contribution < -0.4 is 5.56 Å². The monoisotopic (exact) mass is 383 g/mol. The summed E-state index contributed by atoms with van der Waals surface area (Å²) in [5.74, 6) is -0.358. The molecule has 2 aromatic heterocycles. The number of rotatable bonds is 3. The molecule has 0 fully saturated rings. The average molecular weight is 384 g/mol. The first kappa shape index (κ1) is 18.5. The van der Waals surface area contributed by atoms with Gasteiger partial charge in [-0.1, -0.05) is 11.6 Å². The average Bonchev–Trinajstić information content (AvgIpc) is 2.90. The molecule has 27 heavy (non-hydrogen) atoms. The Morgan fingerprint density at radius 2 is 1.93 bits per heavy atom. The van der Waals surface area contributed by atoms with E-state index in [1.807, 2.05) is 6.07 Å². The molecule has 0 spiro atoms. The topological polar surface area (TPSA) is 76.0 Å². The second-order valence-corrected chi connectivity index (χ2v) is 6.35. The molecule has 0 saturated carbocycles. The first-order valence-electron chi connectivity index (χ1n) is 8.02. The number of aromatic nitrogens is 3. The Labute approximate surface area is 159 Å². The molecule has 2 heterocycles. The lowest BCUT2D eigenvalue weighted by Crippen LogP contribution is -2.22. The van der Waals surface area contributed by atoms with Gasteiger partial charge in [-0.15, -0.1) is 0 Å². The summed E-state index contributed by atoms with van der Waals surface area (Å²) in [5.41, 5.74) is 2.45. The highest BCUT2D eigenvalue weighted by atomic mass is 35.5. The molecule has 0 bridgehead atoms. The minimum Gasteiger partial charge on any atom is -0.266 e. The van der Waals surface area contributed by atoms with E-state index >= 15 is 0 Å². The summed E-state index contributed by atoms with van der Waals surface area (Å²) in [6, 6.07) is 9.36. The number of pyridine rings is 1. The molecule has 3 rings (SSSR count). The quantitative estimate of drug-likeness (QED) is 0.649. The maximum absolute atomic E-state index is 13.1. The van der Waals surface area contributed by atoms with E-state index < -0.39 is 5.56 Å². The van der Waals surface area contributed by atoms with E-state index in [1.165, 1.54) is 23.0 Å². The van der Waals surface area contributed by atoms with E-state index in [1.54, 1.807) is 39.0 Å². The van der Waals surface area contributed by atoms with Crippen LogP contribution in [0.15, 0.2) is 40.2 Å². The Balaban J connectivity index is 2.06. The lowest BCUT2D eigenvalue weighted by molar-refractivity contribution is 0.627. The lowest BCUT2D eigenvalue weighted by atomic mass is 10.1. The highest BCUT2D eigenvalue weighted by molar-refractivity contribution is 6.32. The summed E-state index contributed by atoms with van der Waals surface area (Å²) in [6.45, 7) is 5.18. The van der Waals surface area contributed by atoms with Crippen LogP contribution in [-0.2, 0) is 0 Å². The van der Waals surface area contributed by atoms with Gasteiger partial charge in [0.1, 0.15) is 22.6 Å². The van der Waals surface area contributed by atoms with Crippen molar-refractivity contribution in [3.8, 4) is 11.8 Å². The fourth-order valence-corrected chi connectivity index (χ4v) is 3.01. The third-order valence-electron chi connectivity index (χ3n) is 4.09. The lowest BCUT2D eigenvalue weighted by Gasteiger charge is -2.06. The summed E-state index contributed by atoms with van der Waals surface area (Å²) in [7, 11) is 0. The number of halogens is 2. The van der Waals surface area contributed by atoms with Crippen molar-refractivity contribution in [1.82, 2.24) is 14.5 Å². The molecule has 3 aromatic rings. The standard InChI is InChI=1S/C19H15ClFN5O/c1-11-8-12(2)25(19(27)16(11)9-22)23-10-17-13(3)24-26(18(17)20)15-6-4-14(21)5-7-15/h4-8,10H,1-3H3/b23-10+. The van der Waals surface area contributed by atoms with Crippen LogP contribution in [0.25, 0.3) is 5.69 Å². The normalized spacial score (nSPS) is 11.1. The van der Waals surface area contributed by atoms with Gasteiger partial charge >= 0.3 is 0 Å². The van der Waals surface area contributed by atoms with Crippen LogP contribution in [0, 0.1) is 37.9 Å². The molecule has 0 aliphatic carbocycles. The maximum Gasteiger partial charge on any atom is 0.289 e. The third kappa shape index (κ3) is 3.39. The van der Waals surface area contributed by atoms with Crippen molar-refractivity contribution in [2.45, 2.75) is 20.8 Å². The van der Waals surface area contributed by atoms with Crippen molar-refractivity contribution in [2.75, 3.05) is 0 Å². The minimum atomic E-state index is -0.494. The number of aryl methyl sites for hydroxylation is 3. The molecule has 0 aliphatic heterocycles. The van der Waals surface area contributed by atoms with E-state index in [0.717, 1.165) is 4.68 Å². The van der Waals surface area contributed by atoms with Gasteiger partial charge in [-0.2, -0.15) is 15.5 Å². The van der Waals surface area contributed by atoms with Crippen LogP contribution in [0.1, 0.15) is 28.1 Å². The Morgan fingerprint density at radius 3 is 2.56 bits per heavy atom. The zero-order valence-corrected chi connectivity index (χ0v) is 15.6. The molecule has 136 valence electrons. The van der Waals surface area contributed by atoms with E-state index in [-0.39, 0.29) is 16.5 Å². The third-order valence-corrected chi connectivity index (χ3v) is 4.46. The molecule has 0 unspecified atom stereocenters. The largest absolute Gasteiger partial charge is 0.289 e. The van der Waals surface area contributed by atoms with Crippen LogP contribution in [-0.4, -0.2) is 20.7 Å². The molecule has 6 nitrogen and oxygen atoms in total. The van der Waals surface area contributed by atoms with Crippen LogP contribution in [0.5, 0.6) is 0 Å². The fourth-order valence-electron chi connectivity index (χ4n) is 2.69. The van der Waals surface area contributed by atoms with Crippen LogP contribution in [0.2, 0.25) is 5.15 Å². The molecule has 1 aromatic carbocycles. The predicted molar refractivity (Wildman–Crippen MR) is 101 cm³/mol. The smallest absolute Gasteiger partial charge is 0.266 e. The summed E-state index contributed by atoms with van der Waals surface area (Å²) in [6.07, 6.45) is 1.43. The molecule has 0 N–H and O–H groups in total. The van der Waals surface area contributed by atoms with Gasteiger partial charge in [0.15, 0.2) is 0 Å². The Kier molecular flexibility index (Phi) is 4.93. The molecule has 0 saturated heterocycles. The van der Waals surface area contributed by atoms with Gasteiger partial charge in [-0.3, -0.25) is 4.79 Å². The maximum atomic E-state index is 13.1. The van der Waals surface area contributed by atoms with E-state index in [4.69, 9.17) is 16.9 Å². The zero-order valence-electron chi connectivity index (χ0n) is 14.9. The highest BCUT2D eigenvalue weighted by Gasteiger charge is 2.14. The number of nitriles is 1. The molecule has 0 aliphatic rings. The van der Waals surface area contributed by atoms with Gasteiger partial charge in [0.05, 0.1) is 23.2 Å².